The summed E-state index contributed by atoms with van der Waals surface area (Å²) in [5, 5.41) is 22.8. The van der Waals surface area contributed by atoms with E-state index in [1.54, 1.807) is 6.07 Å². The van der Waals surface area contributed by atoms with E-state index in [0.29, 0.717) is 24.3 Å². The van der Waals surface area contributed by atoms with E-state index >= 15 is 0 Å². The Bertz CT molecular complexity index is 520. The van der Waals surface area contributed by atoms with Crippen LogP contribution in [0.2, 0.25) is 0 Å². The van der Waals surface area contributed by atoms with E-state index in [9.17, 15) is 15.0 Å². The highest BCUT2D eigenvalue weighted by atomic mass is 16.5. The van der Waals surface area contributed by atoms with Gasteiger partial charge in [0.05, 0.1) is 5.56 Å². The Kier molecular flexibility index (Phi) is 7.03. The quantitative estimate of drug-likeness (QED) is 0.641. The summed E-state index contributed by atoms with van der Waals surface area (Å²) in [6, 6.07) is 4.45. The Labute approximate surface area is 138 Å². The number of phenolic OH excluding ortho intramolecular Hbond substituents is 1. The molecule has 5 heteroatoms. The molecule has 0 amide bonds. The summed E-state index contributed by atoms with van der Waals surface area (Å²) in [6.45, 7) is 10.4. The van der Waals surface area contributed by atoms with Gasteiger partial charge in [0.1, 0.15) is 24.2 Å². The summed E-state index contributed by atoms with van der Waals surface area (Å²) in [6.07, 6.45) is -0.292. The number of carbonyl (C=O) groups excluding carboxylic acids is 1. The summed E-state index contributed by atoms with van der Waals surface area (Å²) < 4.78 is 5.58. The van der Waals surface area contributed by atoms with E-state index in [-0.39, 0.29) is 29.6 Å². The first-order chi connectivity index (χ1) is 10.6. The van der Waals surface area contributed by atoms with Gasteiger partial charge in [0.2, 0.25) is 0 Å². The molecule has 0 aromatic heterocycles. The number of aliphatic hydroxyl groups excluding tert-OH is 1. The molecular weight excluding hydrogens is 294 g/mol. The van der Waals surface area contributed by atoms with Gasteiger partial charge in [0.25, 0.3) is 0 Å². The van der Waals surface area contributed by atoms with Crippen LogP contribution in [0.25, 0.3) is 0 Å². The lowest BCUT2D eigenvalue weighted by Gasteiger charge is -2.23. The Morgan fingerprint density at radius 3 is 2.52 bits per heavy atom. The zero-order valence-electron chi connectivity index (χ0n) is 14.7. The van der Waals surface area contributed by atoms with Crippen LogP contribution in [0.3, 0.4) is 0 Å². The third-order valence-electron chi connectivity index (χ3n) is 3.16. The number of aromatic hydroxyl groups is 1. The molecule has 130 valence electrons. The fourth-order valence-electron chi connectivity index (χ4n) is 2.01. The first kappa shape index (κ1) is 19.5. The van der Waals surface area contributed by atoms with E-state index in [4.69, 9.17) is 4.74 Å². The number of ketones is 1. The van der Waals surface area contributed by atoms with Crippen molar-refractivity contribution >= 4 is 5.78 Å². The number of phenols is 1. The molecular formula is C18H29NO4. The summed E-state index contributed by atoms with van der Waals surface area (Å²) in [5.41, 5.74) is 0.345. The molecule has 1 aromatic carbocycles. The number of rotatable bonds is 8. The number of hydrogen-bond acceptors (Lipinski definition) is 5. The minimum atomic E-state index is -0.704. The Morgan fingerprint density at radius 2 is 1.96 bits per heavy atom. The molecule has 0 saturated heterocycles. The molecule has 0 bridgehead atoms. The van der Waals surface area contributed by atoms with Crippen LogP contribution in [0.1, 0.15) is 51.4 Å². The summed E-state index contributed by atoms with van der Waals surface area (Å²) in [7, 11) is 0. The number of nitrogens with one attached hydrogen (secondary N) is 1. The highest BCUT2D eigenvalue weighted by Crippen LogP contribution is 2.26. The molecule has 0 fully saturated rings. The molecule has 0 saturated carbocycles. The molecule has 0 aliphatic rings. The molecule has 5 nitrogen and oxygen atoms in total. The molecule has 0 unspecified atom stereocenters. The first-order valence-electron chi connectivity index (χ1n) is 8.00. The number of aliphatic hydroxyl groups is 1. The summed E-state index contributed by atoms with van der Waals surface area (Å²) in [4.78, 5) is 12.3. The standard InChI is InChI=1S/C18H29NO4/c1-12(2)8-16(22)15-7-6-13(20)9-17(15)23-11-14(21)10-19-18(3,4)5/h6-7,9,12,14,19-21H,8,10-11H2,1-5H3/t14-/m1/s1. The van der Waals surface area contributed by atoms with Gasteiger partial charge in [-0.2, -0.15) is 0 Å². The maximum absolute atomic E-state index is 12.3. The lowest BCUT2D eigenvalue weighted by atomic mass is 10.0. The predicted octanol–water partition coefficient (Wildman–Crippen LogP) is 2.75. The van der Waals surface area contributed by atoms with Crippen LogP contribution in [-0.4, -0.2) is 40.8 Å². The Morgan fingerprint density at radius 1 is 1.30 bits per heavy atom. The van der Waals surface area contributed by atoms with E-state index in [1.165, 1.54) is 12.1 Å². The van der Waals surface area contributed by atoms with Crippen LogP contribution in [0.5, 0.6) is 11.5 Å². The third-order valence-corrected chi connectivity index (χ3v) is 3.16. The molecule has 1 rings (SSSR count). The first-order valence-corrected chi connectivity index (χ1v) is 8.00. The van der Waals surface area contributed by atoms with Gasteiger partial charge in [-0.25, -0.2) is 0 Å². The van der Waals surface area contributed by atoms with E-state index in [2.05, 4.69) is 5.32 Å². The number of ether oxygens (including phenoxy) is 1. The van der Waals surface area contributed by atoms with Gasteiger partial charge in [-0.1, -0.05) is 13.8 Å². The second-order valence-electron chi connectivity index (χ2n) is 7.30. The van der Waals surface area contributed by atoms with Crippen LogP contribution in [0.15, 0.2) is 18.2 Å². The maximum Gasteiger partial charge on any atom is 0.166 e. The minimum Gasteiger partial charge on any atom is -0.508 e. The van der Waals surface area contributed by atoms with Gasteiger partial charge in [-0.3, -0.25) is 4.79 Å². The van der Waals surface area contributed by atoms with Crippen LogP contribution >= 0.6 is 0 Å². The lowest BCUT2D eigenvalue weighted by molar-refractivity contribution is 0.0923. The van der Waals surface area contributed by atoms with Gasteiger partial charge in [0.15, 0.2) is 5.78 Å². The fraction of sp³-hybridized carbons (Fsp3) is 0.611. The highest BCUT2D eigenvalue weighted by molar-refractivity contribution is 5.98. The van der Waals surface area contributed by atoms with E-state index < -0.39 is 6.10 Å². The normalized spacial score (nSPS) is 13.2. The number of β-amino-alcohol motifs (C(OH)–C–C–N with tert-alkyl or cyclic N) is 1. The molecule has 0 heterocycles. The van der Waals surface area contributed by atoms with Crippen molar-refractivity contribution in [2.24, 2.45) is 5.92 Å². The van der Waals surface area contributed by atoms with Crippen LogP contribution < -0.4 is 10.1 Å². The van der Waals surface area contributed by atoms with Crippen LogP contribution in [-0.2, 0) is 0 Å². The molecule has 0 radical (unpaired) electrons. The largest absolute Gasteiger partial charge is 0.508 e. The van der Waals surface area contributed by atoms with Gasteiger partial charge in [-0.15, -0.1) is 0 Å². The zero-order valence-corrected chi connectivity index (χ0v) is 14.7. The van der Waals surface area contributed by atoms with Gasteiger partial charge in [-0.05, 0) is 38.8 Å². The Balaban J connectivity index is 2.71. The van der Waals surface area contributed by atoms with E-state index in [1.807, 2.05) is 34.6 Å². The molecule has 23 heavy (non-hydrogen) atoms. The highest BCUT2D eigenvalue weighted by Gasteiger charge is 2.17. The third kappa shape index (κ3) is 7.48. The van der Waals surface area contributed by atoms with Crippen molar-refractivity contribution in [1.82, 2.24) is 5.32 Å². The zero-order chi connectivity index (χ0) is 17.6. The minimum absolute atomic E-state index is 0.0303. The Hall–Kier alpha value is -1.59. The van der Waals surface area contributed by atoms with Crippen molar-refractivity contribution in [2.45, 2.75) is 52.7 Å². The molecule has 1 aromatic rings. The summed E-state index contributed by atoms with van der Waals surface area (Å²) >= 11 is 0. The van der Waals surface area contributed by atoms with Crippen molar-refractivity contribution in [3.05, 3.63) is 23.8 Å². The van der Waals surface area contributed by atoms with Crippen molar-refractivity contribution < 1.29 is 19.7 Å². The second kappa shape index (κ2) is 8.31. The molecule has 0 spiro atoms. The number of Topliss-reactive ketones (excluding diaryl/α,β-unsaturated/α-hetero) is 1. The number of benzene rings is 1. The molecule has 1 atom stereocenters. The molecule has 3 N–H and O–H groups in total. The molecule has 0 aliphatic heterocycles. The van der Waals surface area contributed by atoms with Crippen LogP contribution in [0.4, 0.5) is 0 Å². The lowest BCUT2D eigenvalue weighted by Crippen LogP contribution is -2.42. The van der Waals surface area contributed by atoms with Gasteiger partial charge >= 0.3 is 0 Å². The average Bonchev–Trinajstić information content (AvgIpc) is 2.41. The number of hydrogen-bond donors (Lipinski definition) is 3. The van der Waals surface area contributed by atoms with E-state index in [0.717, 1.165) is 0 Å². The topological polar surface area (TPSA) is 78.8 Å². The SMILES string of the molecule is CC(C)CC(=O)c1ccc(O)cc1OC[C@H](O)CNC(C)(C)C. The molecule has 0 aliphatic carbocycles. The van der Waals surface area contributed by atoms with Crippen molar-refractivity contribution in [2.75, 3.05) is 13.2 Å². The summed E-state index contributed by atoms with van der Waals surface area (Å²) in [5.74, 6) is 0.553. The predicted molar refractivity (Wildman–Crippen MR) is 91.1 cm³/mol. The fourth-order valence-corrected chi connectivity index (χ4v) is 2.01. The maximum atomic E-state index is 12.3. The average molecular weight is 323 g/mol. The monoisotopic (exact) mass is 323 g/mol. The smallest absolute Gasteiger partial charge is 0.166 e. The van der Waals surface area contributed by atoms with Gasteiger partial charge in [0, 0.05) is 24.6 Å². The van der Waals surface area contributed by atoms with Crippen molar-refractivity contribution in [1.29, 1.82) is 0 Å². The second-order valence-corrected chi connectivity index (χ2v) is 7.30. The van der Waals surface area contributed by atoms with Crippen LogP contribution in [0, 0.1) is 5.92 Å². The number of carbonyl (C=O) groups is 1. The van der Waals surface area contributed by atoms with Crippen molar-refractivity contribution in [3.8, 4) is 11.5 Å². The van der Waals surface area contributed by atoms with Crippen molar-refractivity contribution in [3.63, 3.8) is 0 Å². The van der Waals surface area contributed by atoms with Gasteiger partial charge < -0.3 is 20.3 Å².